The summed E-state index contributed by atoms with van der Waals surface area (Å²) in [6.45, 7) is 5.61. The van der Waals surface area contributed by atoms with Gasteiger partial charge in [0, 0.05) is 37.0 Å². The number of carbonyl (C=O) groups is 1. The van der Waals surface area contributed by atoms with E-state index in [9.17, 15) is 4.79 Å². The number of carbonyl (C=O) groups excluding carboxylic acids is 1. The summed E-state index contributed by atoms with van der Waals surface area (Å²) in [7, 11) is 1.74. The Labute approximate surface area is 138 Å². The minimum atomic E-state index is -0.0443. The summed E-state index contributed by atoms with van der Waals surface area (Å²) in [5.41, 5.74) is 1.51. The van der Waals surface area contributed by atoms with Crippen molar-refractivity contribution in [2.24, 2.45) is 7.05 Å². The molecule has 3 heterocycles. The highest BCUT2D eigenvalue weighted by atomic mass is 35.5. The summed E-state index contributed by atoms with van der Waals surface area (Å²) in [5, 5.41) is 5.80. The van der Waals surface area contributed by atoms with Crippen molar-refractivity contribution in [1.29, 1.82) is 0 Å². The van der Waals surface area contributed by atoms with Gasteiger partial charge in [-0.25, -0.2) is 4.98 Å². The number of amides is 1. The van der Waals surface area contributed by atoms with Gasteiger partial charge in [-0.2, -0.15) is 5.10 Å². The van der Waals surface area contributed by atoms with Crippen molar-refractivity contribution in [3.63, 3.8) is 0 Å². The molecular formula is C15H19ClN4OS. The molecule has 1 aliphatic heterocycles. The quantitative estimate of drug-likeness (QED) is 0.845. The summed E-state index contributed by atoms with van der Waals surface area (Å²) >= 11 is 7.73. The van der Waals surface area contributed by atoms with Crippen LogP contribution in [0.2, 0.25) is 5.15 Å². The summed E-state index contributed by atoms with van der Waals surface area (Å²) in [6.07, 6.45) is 2.08. The third-order valence-corrected chi connectivity index (χ3v) is 5.73. The van der Waals surface area contributed by atoms with E-state index in [-0.39, 0.29) is 5.91 Å². The van der Waals surface area contributed by atoms with Crippen LogP contribution in [0.1, 0.15) is 44.8 Å². The average Bonchev–Trinajstić information content (AvgIpc) is 3.02. The molecule has 1 aliphatic rings. The molecule has 22 heavy (non-hydrogen) atoms. The summed E-state index contributed by atoms with van der Waals surface area (Å²) < 4.78 is 1.52. The fourth-order valence-electron chi connectivity index (χ4n) is 2.75. The number of rotatable bonds is 2. The molecule has 0 aliphatic carbocycles. The molecule has 1 amide bonds. The van der Waals surface area contributed by atoms with E-state index in [1.54, 1.807) is 24.5 Å². The molecular weight excluding hydrogens is 320 g/mol. The first-order valence-electron chi connectivity index (χ1n) is 7.38. The van der Waals surface area contributed by atoms with Gasteiger partial charge in [-0.3, -0.25) is 9.48 Å². The molecule has 1 atom stereocenters. The Morgan fingerprint density at radius 3 is 2.82 bits per heavy atom. The number of halogens is 1. The highest BCUT2D eigenvalue weighted by molar-refractivity contribution is 7.11. The molecule has 1 unspecified atom stereocenters. The molecule has 1 saturated heterocycles. The summed E-state index contributed by atoms with van der Waals surface area (Å²) in [5.74, 6) is 0.284. The molecule has 5 nitrogen and oxygen atoms in total. The predicted molar refractivity (Wildman–Crippen MR) is 87.7 cm³/mol. The first-order valence-corrected chi connectivity index (χ1v) is 8.58. The number of likely N-dealkylation sites (tertiary alicyclic amines) is 1. The van der Waals surface area contributed by atoms with Crippen LogP contribution in [0.5, 0.6) is 0 Å². The lowest BCUT2D eigenvalue weighted by atomic mass is 9.98. The van der Waals surface area contributed by atoms with Crippen molar-refractivity contribution in [3.05, 3.63) is 32.5 Å². The molecule has 1 fully saturated rings. The van der Waals surface area contributed by atoms with Gasteiger partial charge in [0.25, 0.3) is 5.91 Å². The molecule has 0 aromatic carbocycles. The van der Waals surface area contributed by atoms with Crippen LogP contribution in [0.3, 0.4) is 0 Å². The van der Waals surface area contributed by atoms with E-state index < -0.39 is 0 Å². The van der Waals surface area contributed by atoms with Gasteiger partial charge in [-0.1, -0.05) is 11.6 Å². The third-order valence-electron chi connectivity index (χ3n) is 4.14. The van der Waals surface area contributed by atoms with E-state index in [2.05, 4.69) is 17.0 Å². The number of aryl methyl sites for hydroxylation is 3. The Morgan fingerprint density at radius 2 is 2.23 bits per heavy atom. The van der Waals surface area contributed by atoms with Crippen LogP contribution >= 0.6 is 22.9 Å². The van der Waals surface area contributed by atoms with Crippen molar-refractivity contribution in [2.45, 2.75) is 32.6 Å². The minimum absolute atomic E-state index is 0.0443. The first kappa shape index (κ1) is 15.5. The molecule has 3 rings (SSSR count). The average molecular weight is 339 g/mol. The third kappa shape index (κ3) is 2.90. The largest absolute Gasteiger partial charge is 0.337 e. The molecule has 0 bridgehead atoms. The van der Waals surface area contributed by atoms with Crippen LogP contribution in [0, 0.1) is 13.8 Å². The molecule has 0 N–H and O–H groups in total. The van der Waals surface area contributed by atoms with Gasteiger partial charge >= 0.3 is 0 Å². The van der Waals surface area contributed by atoms with Crippen molar-refractivity contribution < 1.29 is 4.79 Å². The fraction of sp³-hybridized carbons (Fsp3) is 0.533. The van der Waals surface area contributed by atoms with Crippen LogP contribution in [0.25, 0.3) is 0 Å². The van der Waals surface area contributed by atoms with Crippen molar-refractivity contribution in [2.75, 3.05) is 13.1 Å². The van der Waals surface area contributed by atoms with Crippen molar-refractivity contribution in [1.82, 2.24) is 19.7 Å². The highest BCUT2D eigenvalue weighted by Gasteiger charge is 2.28. The molecule has 0 radical (unpaired) electrons. The second kappa shape index (κ2) is 6.01. The zero-order valence-electron chi connectivity index (χ0n) is 13.0. The van der Waals surface area contributed by atoms with Crippen LogP contribution in [0.4, 0.5) is 0 Å². The molecule has 2 aromatic heterocycles. The van der Waals surface area contributed by atoms with Gasteiger partial charge in [0.15, 0.2) is 5.69 Å². The predicted octanol–water partition coefficient (Wildman–Crippen LogP) is 3.17. The van der Waals surface area contributed by atoms with Crippen LogP contribution < -0.4 is 0 Å². The van der Waals surface area contributed by atoms with E-state index in [0.717, 1.165) is 30.1 Å². The lowest BCUT2D eigenvalue weighted by molar-refractivity contribution is 0.0700. The number of thiazole rings is 1. The Kier molecular flexibility index (Phi) is 4.23. The van der Waals surface area contributed by atoms with Crippen LogP contribution in [-0.2, 0) is 7.05 Å². The van der Waals surface area contributed by atoms with Gasteiger partial charge < -0.3 is 4.90 Å². The summed E-state index contributed by atoms with van der Waals surface area (Å²) in [4.78, 5) is 20.4. The van der Waals surface area contributed by atoms with Crippen LogP contribution in [-0.4, -0.2) is 38.7 Å². The summed E-state index contributed by atoms with van der Waals surface area (Å²) in [6, 6.07) is 1.63. The van der Waals surface area contributed by atoms with E-state index in [1.165, 1.54) is 9.56 Å². The normalized spacial score (nSPS) is 18.7. The molecule has 2 aromatic rings. The number of hydrogen-bond donors (Lipinski definition) is 0. The second-order valence-electron chi connectivity index (χ2n) is 5.76. The first-order chi connectivity index (χ1) is 10.5. The van der Waals surface area contributed by atoms with Crippen molar-refractivity contribution in [3.8, 4) is 0 Å². The van der Waals surface area contributed by atoms with Gasteiger partial charge in [0.2, 0.25) is 0 Å². The molecule has 118 valence electrons. The monoisotopic (exact) mass is 338 g/mol. The topological polar surface area (TPSA) is 51.0 Å². The number of piperidine rings is 1. The SMILES string of the molecule is Cc1nc(C2CCCN(C(=O)c3cc(Cl)n(C)n3)C2)sc1C. The molecule has 0 spiro atoms. The van der Waals surface area contributed by atoms with Gasteiger partial charge in [-0.15, -0.1) is 11.3 Å². The number of nitrogens with zero attached hydrogens (tertiary/aromatic N) is 4. The Balaban J connectivity index is 1.76. The van der Waals surface area contributed by atoms with E-state index in [1.807, 2.05) is 11.8 Å². The van der Waals surface area contributed by atoms with E-state index in [0.29, 0.717) is 23.3 Å². The maximum absolute atomic E-state index is 12.6. The lowest BCUT2D eigenvalue weighted by Gasteiger charge is -2.31. The highest BCUT2D eigenvalue weighted by Crippen LogP contribution is 2.31. The Morgan fingerprint density at radius 1 is 1.45 bits per heavy atom. The zero-order valence-corrected chi connectivity index (χ0v) is 14.5. The standard InChI is InChI=1S/C15H19ClN4OS/c1-9-10(2)22-14(17-9)11-5-4-6-20(8-11)15(21)12-7-13(16)19(3)18-12/h7,11H,4-6,8H2,1-3H3. The van der Waals surface area contributed by atoms with Crippen molar-refractivity contribution >= 4 is 28.8 Å². The lowest BCUT2D eigenvalue weighted by Crippen LogP contribution is -2.39. The van der Waals surface area contributed by atoms with E-state index >= 15 is 0 Å². The molecule has 0 saturated carbocycles. The van der Waals surface area contributed by atoms with Crippen LogP contribution in [0.15, 0.2) is 6.07 Å². The maximum Gasteiger partial charge on any atom is 0.274 e. The van der Waals surface area contributed by atoms with E-state index in [4.69, 9.17) is 11.6 Å². The Hall–Kier alpha value is -1.40. The maximum atomic E-state index is 12.6. The van der Waals surface area contributed by atoms with Gasteiger partial charge in [-0.05, 0) is 26.7 Å². The smallest absolute Gasteiger partial charge is 0.274 e. The van der Waals surface area contributed by atoms with Gasteiger partial charge in [0.05, 0.1) is 10.7 Å². The second-order valence-corrected chi connectivity index (χ2v) is 7.38. The minimum Gasteiger partial charge on any atom is -0.337 e. The number of aromatic nitrogens is 3. The Bertz CT molecular complexity index is 669. The fourth-order valence-corrected chi connectivity index (χ4v) is 3.94. The zero-order chi connectivity index (χ0) is 15.9. The molecule has 7 heteroatoms. The number of hydrogen-bond acceptors (Lipinski definition) is 4. The van der Waals surface area contributed by atoms with Gasteiger partial charge in [0.1, 0.15) is 5.15 Å².